The van der Waals surface area contributed by atoms with E-state index in [0.29, 0.717) is 12.2 Å². The third kappa shape index (κ3) is 18.0. The lowest BCUT2D eigenvalue weighted by atomic mass is 9.96. The molecule has 0 aliphatic carbocycles. The topological polar surface area (TPSA) is 26.3 Å². The van der Waals surface area contributed by atoms with Gasteiger partial charge in [-0.3, -0.25) is 0 Å². The lowest BCUT2D eigenvalue weighted by molar-refractivity contribution is -0.139. The molecule has 2 nitrogen and oxygen atoms in total. The second kappa shape index (κ2) is 19.0. The summed E-state index contributed by atoms with van der Waals surface area (Å²) in [6, 6.07) is 0. The zero-order valence-corrected chi connectivity index (χ0v) is 18.1. The van der Waals surface area contributed by atoms with E-state index in [2.05, 4.69) is 20.4 Å². The van der Waals surface area contributed by atoms with Crippen LogP contribution < -0.4 is 0 Å². The number of unbranched alkanes of at least 4 members (excludes halogenated alkanes) is 12. The van der Waals surface area contributed by atoms with Gasteiger partial charge in [-0.15, -0.1) is 0 Å². The van der Waals surface area contributed by atoms with Gasteiger partial charge in [0, 0.05) is 5.57 Å². The summed E-state index contributed by atoms with van der Waals surface area (Å²) in [6.07, 6.45) is 21.7. The van der Waals surface area contributed by atoms with Crippen molar-refractivity contribution in [2.24, 2.45) is 5.92 Å². The number of hydrogen-bond acceptors (Lipinski definition) is 2. The summed E-state index contributed by atoms with van der Waals surface area (Å²) >= 11 is 0. The summed E-state index contributed by atoms with van der Waals surface area (Å²) in [5.74, 6) is 0.645. The normalized spacial score (nSPS) is 12.1. The molecule has 0 heterocycles. The molecule has 0 aromatic carbocycles. The molecule has 0 amide bonds. The van der Waals surface area contributed by atoms with E-state index in [9.17, 15) is 4.79 Å². The number of esters is 1. The summed E-state index contributed by atoms with van der Waals surface area (Å²) in [6.45, 7) is 10.5. The maximum atomic E-state index is 11.2. The SMILES string of the molecule is C=C(C)C(=O)OCCCCCCCCC(C)CCCCCCCCCC. The first-order valence-electron chi connectivity index (χ1n) is 11.4. The van der Waals surface area contributed by atoms with Crippen LogP contribution in [0.25, 0.3) is 0 Å². The van der Waals surface area contributed by atoms with Gasteiger partial charge in [-0.2, -0.15) is 0 Å². The van der Waals surface area contributed by atoms with Crippen LogP contribution in [0.5, 0.6) is 0 Å². The number of hydrogen-bond donors (Lipinski definition) is 0. The van der Waals surface area contributed by atoms with Crippen LogP contribution in [0.4, 0.5) is 0 Å². The Balaban J connectivity index is 3.23. The first-order chi connectivity index (χ1) is 12.6. The number of ether oxygens (including phenoxy) is 1. The van der Waals surface area contributed by atoms with Gasteiger partial charge in [0.25, 0.3) is 0 Å². The van der Waals surface area contributed by atoms with Crippen LogP contribution in [0, 0.1) is 5.92 Å². The molecule has 0 fully saturated rings. The smallest absolute Gasteiger partial charge is 0.333 e. The van der Waals surface area contributed by atoms with Crippen molar-refractivity contribution >= 4 is 5.97 Å². The summed E-state index contributed by atoms with van der Waals surface area (Å²) in [5, 5.41) is 0. The van der Waals surface area contributed by atoms with Crippen LogP contribution in [-0.4, -0.2) is 12.6 Å². The molecular weight excluding hydrogens is 320 g/mol. The summed E-state index contributed by atoms with van der Waals surface area (Å²) < 4.78 is 5.10. The zero-order valence-electron chi connectivity index (χ0n) is 18.1. The molecule has 0 saturated heterocycles. The Labute approximate surface area is 164 Å². The van der Waals surface area contributed by atoms with Crippen LogP contribution in [0.1, 0.15) is 124 Å². The fourth-order valence-electron chi connectivity index (χ4n) is 3.36. The molecule has 0 spiro atoms. The van der Waals surface area contributed by atoms with E-state index in [1.54, 1.807) is 6.92 Å². The van der Waals surface area contributed by atoms with E-state index in [4.69, 9.17) is 4.74 Å². The highest BCUT2D eigenvalue weighted by molar-refractivity contribution is 5.86. The Morgan fingerprint density at radius 3 is 1.65 bits per heavy atom. The predicted molar refractivity (Wildman–Crippen MR) is 114 cm³/mol. The van der Waals surface area contributed by atoms with Crippen LogP contribution in [0.15, 0.2) is 12.2 Å². The third-order valence-corrected chi connectivity index (χ3v) is 5.22. The van der Waals surface area contributed by atoms with Crippen molar-refractivity contribution in [1.29, 1.82) is 0 Å². The first-order valence-corrected chi connectivity index (χ1v) is 11.4. The van der Waals surface area contributed by atoms with Crippen molar-refractivity contribution in [1.82, 2.24) is 0 Å². The van der Waals surface area contributed by atoms with Gasteiger partial charge in [-0.05, 0) is 19.3 Å². The molecular formula is C24H46O2. The van der Waals surface area contributed by atoms with Gasteiger partial charge in [0.1, 0.15) is 0 Å². The molecule has 154 valence electrons. The highest BCUT2D eigenvalue weighted by atomic mass is 16.5. The van der Waals surface area contributed by atoms with Gasteiger partial charge in [0.2, 0.25) is 0 Å². The molecule has 0 radical (unpaired) electrons. The van der Waals surface area contributed by atoms with Crippen LogP contribution in [-0.2, 0) is 9.53 Å². The molecule has 0 aliphatic heterocycles. The molecule has 0 rings (SSSR count). The van der Waals surface area contributed by atoms with E-state index in [1.807, 2.05) is 0 Å². The van der Waals surface area contributed by atoms with Crippen LogP contribution >= 0.6 is 0 Å². The quantitative estimate of drug-likeness (QED) is 0.131. The van der Waals surface area contributed by atoms with Crippen molar-refractivity contribution in [3.05, 3.63) is 12.2 Å². The first kappa shape index (κ1) is 25.2. The van der Waals surface area contributed by atoms with Crippen LogP contribution in [0.3, 0.4) is 0 Å². The number of rotatable bonds is 19. The molecule has 1 atom stereocenters. The molecule has 1 unspecified atom stereocenters. The fraction of sp³-hybridized carbons (Fsp3) is 0.875. The van der Waals surface area contributed by atoms with Crippen molar-refractivity contribution in [3.63, 3.8) is 0 Å². The Bertz CT molecular complexity index is 335. The Morgan fingerprint density at radius 2 is 1.19 bits per heavy atom. The van der Waals surface area contributed by atoms with Crippen molar-refractivity contribution in [2.75, 3.05) is 6.61 Å². The van der Waals surface area contributed by atoms with E-state index in [-0.39, 0.29) is 5.97 Å². The Morgan fingerprint density at radius 1 is 0.769 bits per heavy atom. The lowest BCUT2D eigenvalue weighted by Gasteiger charge is -2.11. The highest BCUT2D eigenvalue weighted by Gasteiger charge is 2.03. The minimum atomic E-state index is -0.254. The van der Waals surface area contributed by atoms with Gasteiger partial charge in [0.05, 0.1) is 6.61 Å². The molecule has 0 saturated carbocycles. The maximum Gasteiger partial charge on any atom is 0.333 e. The van der Waals surface area contributed by atoms with Crippen LogP contribution in [0.2, 0.25) is 0 Å². The summed E-state index contributed by atoms with van der Waals surface area (Å²) in [7, 11) is 0. The summed E-state index contributed by atoms with van der Waals surface area (Å²) in [5.41, 5.74) is 0.492. The van der Waals surface area contributed by atoms with Gasteiger partial charge in [0.15, 0.2) is 0 Å². The second-order valence-electron chi connectivity index (χ2n) is 8.19. The molecule has 0 aromatic heterocycles. The number of carbonyl (C=O) groups is 1. The van der Waals surface area contributed by atoms with Gasteiger partial charge in [-0.25, -0.2) is 4.79 Å². The zero-order chi connectivity index (χ0) is 19.5. The summed E-state index contributed by atoms with van der Waals surface area (Å²) in [4.78, 5) is 11.2. The van der Waals surface area contributed by atoms with Gasteiger partial charge >= 0.3 is 5.97 Å². The van der Waals surface area contributed by atoms with Crippen molar-refractivity contribution in [2.45, 2.75) is 124 Å². The Hall–Kier alpha value is -0.790. The third-order valence-electron chi connectivity index (χ3n) is 5.22. The van der Waals surface area contributed by atoms with E-state index >= 15 is 0 Å². The standard InChI is InChI=1S/C24H46O2/c1-5-6-7-8-9-10-13-16-19-23(4)20-17-14-11-12-15-18-21-26-24(25)22(2)3/h23H,2,5-21H2,1,3-4H3. The largest absolute Gasteiger partial charge is 0.462 e. The Kier molecular flexibility index (Phi) is 18.4. The number of carbonyl (C=O) groups excluding carboxylic acids is 1. The molecule has 0 aliphatic rings. The van der Waals surface area contributed by atoms with Crippen molar-refractivity contribution in [3.8, 4) is 0 Å². The molecule has 2 heteroatoms. The molecule has 0 bridgehead atoms. The molecule has 0 aromatic rings. The minimum Gasteiger partial charge on any atom is -0.462 e. The fourth-order valence-corrected chi connectivity index (χ4v) is 3.36. The lowest BCUT2D eigenvalue weighted by Crippen LogP contribution is -2.05. The average molecular weight is 367 g/mol. The van der Waals surface area contributed by atoms with E-state index < -0.39 is 0 Å². The molecule has 0 N–H and O–H groups in total. The predicted octanol–water partition coefficient (Wildman–Crippen LogP) is 8.00. The average Bonchev–Trinajstić information content (AvgIpc) is 2.62. The minimum absolute atomic E-state index is 0.254. The van der Waals surface area contributed by atoms with Crippen molar-refractivity contribution < 1.29 is 9.53 Å². The monoisotopic (exact) mass is 366 g/mol. The van der Waals surface area contributed by atoms with E-state index in [0.717, 1.165) is 18.8 Å². The highest BCUT2D eigenvalue weighted by Crippen LogP contribution is 2.18. The second-order valence-corrected chi connectivity index (χ2v) is 8.19. The van der Waals surface area contributed by atoms with Gasteiger partial charge in [-0.1, -0.05) is 117 Å². The van der Waals surface area contributed by atoms with E-state index in [1.165, 1.54) is 89.9 Å². The maximum absolute atomic E-state index is 11.2. The molecule has 26 heavy (non-hydrogen) atoms. The van der Waals surface area contributed by atoms with Gasteiger partial charge < -0.3 is 4.74 Å².